The first-order valence-electron chi connectivity index (χ1n) is 9.83. The standard InChI is InChI=1S/C23H25N3O5/c1-12(2)17(26-22(28)14-6-4-7-15(27)10-14)11-31-18-9-5-8-16-20(18)21(24)19(23(29)30)13(3)25-16/h4-10,12,17,27H,11H2,1-3H3,(H2,24,25)(H,26,28)(H,29,30). The highest BCUT2D eigenvalue weighted by molar-refractivity contribution is 6.06. The molecule has 1 aromatic heterocycles. The third-order valence-corrected chi connectivity index (χ3v) is 5.05. The first kappa shape index (κ1) is 21.9. The number of aromatic nitrogens is 1. The van der Waals surface area contributed by atoms with Crippen LogP contribution in [0.1, 0.15) is 40.3 Å². The van der Waals surface area contributed by atoms with Gasteiger partial charge in [0.25, 0.3) is 5.91 Å². The molecule has 1 amide bonds. The van der Waals surface area contributed by atoms with E-state index in [2.05, 4.69) is 10.3 Å². The molecule has 1 unspecified atom stereocenters. The van der Waals surface area contributed by atoms with E-state index in [1.165, 1.54) is 12.1 Å². The normalized spacial score (nSPS) is 12.0. The van der Waals surface area contributed by atoms with Gasteiger partial charge < -0.3 is 26.0 Å². The first-order valence-corrected chi connectivity index (χ1v) is 9.83. The van der Waals surface area contributed by atoms with Crippen molar-refractivity contribution in [1.82, 2.24) is 10.3 Å². The fourth-order valence-corrected chi connectivity index (χ4v) is 3.31. The maximum atomic E-state index is 12.6. The van der Waals surface area contributed by atoms with Gasteiger partial charge in [0.15, 0.2) is 0 Å². The van der Waals surface area contributed by atoms with E-state index in [0.29, 0.717) is 27.9 Å². The molecule has 0 radical (unpaired) electrons. The number of nitrogens with one attached hydrogen (secondary N) is 1. The molecule has 162 valence electrons. The number of aromatic carboxylic acids is 1. The van der Waals surface area contributed by atoms with Crippen LogP contribution in [0.5, 0.6) is 11.5 Å². The molecule has 0 aliphatic heterocycles. The number of hydrogen-bond acceptors (Lipinski definition) is 6. The van der Waals surface area contributed by atoms with Crippen LogP contribution in [0.2, 0.25) is 0 Å². The summed E-state index contributed by atoms with van der Waals surface area (Å²) in [6.45, 7) is 5.62. The molecule has 8 nitrogen and oxygen atoms in total. The topological polar surface area (TPSA) is 135 Å². The van der Waals surface area contributed by atoms with Crippen LogP contribution in [-0.2, 0) is 0 Å². The third-order valence-electron chi connectivity index (χ3n) is 5.05. The molecule has 3 aromatic rings. The Balaban J connectivity index is 1.86. The Bertz CT molecular complexity index is 1140. The maximum absolute atomic E-state index is 12.6. The number of ether oxygens (including phenoxy) is 1. The lowest BCUT2D eigenvalue weighted by molar-refractivity contribution is 0.0696. The van der Waals surface area contributed by atoms with E-state index in [1.807, 2.05) is 13.8 Å². The Morgan fingerprint density at radius 2 is 1.90 bits per heavy atom. The Hall–Kier alpha value is -3.81. The average Bonchev–Trinajstić information content (AvgIpc) is 2.70. The fraction of sp³-hybridized carbons (Fsp3) is 0.261. The summed E-state index contributed by atoms with van der Waals surface area (Å²) in [4.78, 5) is 28.5. The van der Waals surface area contributed by atoms with Gasteiger partial charge in [-0.2, -0.15) is 0 Å². The summed E-state index contributed by atoms with van der Waals surface area (Å²) in [5, 5.41) is 22.4. The number of phenols is 1. The molecule has 5 N–H and O–H groups in total. The molecule has 0 fully saturated rings. The van der Waals surface area contributed by atoms with Gasteiger partial charge in [-0.1, -0.05) is 26.0 Å². The Morgan fingerprint density at radius 1 is 1.19 bits per heavy atom. The zero-order chi connectivity index (χ0) is 22.7. The van der Waals surface area contributed by atoms with Crippen molar-refractivity contribution in [3.63, 3.8) is 0 Å². The molecule has 0 aliphatic carbocycles. The maximum Gasteiger partial charge on any atom is 0.339 e. The molecule has 0 aliphatic rings. The number of carboxylic acid groups (broad SMARTS) is 1. The van der Waals surface area contributed by atoms with Gasteiger partial charge in [-0.15, -0.1) is 0 Å². The molecule has 1 atom stereocenters. The first-order chi connectivity index (χ1) is 14.7. The summed E-state index contributed by atoms with van der Waals surface area (Å²) in [7, 11) is 0. The quantitative estimate of drug-likeness (QED) is 0.458. The summed E-state index contributed by atoms with van der Waals surface area (Å²) < 4.78 is 5.98. The van der Waals surface area contributed by atoms with Crippen molar-refractivity contribution in [3.05, 3.63) is 59.3 Å². The van der Waals surface area contributed by atoms with Crippen molar-refractivity contribution in [3.8, 4) is 11.5 Å². The highest BCUT2D eigenvalue weighted by atomic mass is 16.5. The monoisotopic (exact) mass is 423 g/mol. The number of nitrogens with zero attached hydrogens (tertiary/aromatic N) is 1. The second-order valence-electron chi connectivity index (χ2n) is 7.63. The number of aromatic hydroxyl groups is 1. The highest BCUT2D eigenvalue weighted by Crippen LogP contribution is 2.33. The van der Waals surface area contributed by atoms with Crippen LogP contribution < -0.4 is 15.8 Å². The van der Waals surface area contributed by atoms with Gasteiger partial charge >= 0.3 is 5.97 Å². The van der Waals surface area contributed by atoms with Gasteiger partial charge in [-0.25, -0.2) is 4.79 Å². The minimum absolute atomic E-state index is 0.00764. The molecule has 3 rings (SSSR count). The summed E-state index contributed by atoms with van der Waals surface area (Å²) in [6, 6.07) is 10.9. The predicted octanol–water partition coefficient (Wildman–Crippen LogP) is 3.36. The summed E-state index contributed by atoms with van der Waals surface area (Å²) >= 11 is 0. The molecule has 0 saturated heterocycles. The number of carbonyl (C=O) groups is 2. The number of aryl methyl sites for hydroxylation is 1. The van der Waals surface area contributed by atoms with Gasteiger partial charge in [0.1, 0.15) is 23.7 Å². The van der Waals surface area contributed by atoms with Crippen molar-refractivity contribution < 1.29 is 24.5 Å². The van der Waals surface area contributed by atoms with E-state index >= 15 is 0 Å². The number of fused-ring (bicyclic) bond motifs is 1. The lowest BCUT2D eigenvalue weighted by atomic mass is 10.0. The Morgan fingerprint density at radius 3 is 2.55 bits per heavy atom. The third kappa shape index (κ3) is 4.69. The molecular formula is C23H25N3O5. The van der Waals surface area contributed by atoms with Crippen LogP contribution in [-0.4, -0.2) is 39.7 Å². The zero-order valence-corrected chi connectivity index (χ0v) is 17.5. The van der Waals surface area contributed by atoms with E-state index < -0.39 is 5.97 Å². The number of nitrogens with two attached hydrogens (primary N) is 1. The van der Waals surface area contributed by atoms with E-state index in [1.54, 1.807) is 37.3 Å². The number of pyridine rings is 1. The Labute approximate surface area is 179 Å². The number of rotatable bonds is 7. The van der Waals surface area contributed by atoms with Gasteiger partial charge in [-0.05, 0) is 43.2 Å². The van der Waals surface area contributed by atoms with Crippen LogP contribution in [0.3, 0.4) is 0 Å². The predicted molar refractivity (Wildman–Crippen MR) is 118 cm³/mol. The number of nitrogen functional groups attached to an aromatic ring is 1. The SMILES string of the molecule is Cc1nc2cccc(OCC(NC(=O)c3cccc(O)c3)C(C)C)c2c(N)c1C(=O)O. The smallest absolute Gasteiger partial charge is 0.339 e. The van der Waals surface area contributed by atoms with E-state index in [4.69, 9.17) is 10.5 Å². The van der Waals surface area contributed by atoms with Gasteiger partial charge in [0, 0.05) is 5.56 Å². The molecule has 2 aromatic carbocycles. The Kier molecular flexibility index (Phi) is 6.29. The van der Waals surface area contributed by atoms with E-state index in [0.717, 1.165) is 0 Å². The van der Waals surface area contributed by atoms with E-state index in [-0.39, 0.29) is 41.5 Å². The van der Waals surface area contributed by atoms with Gasteiger partial charge in [0.2, 0.25) is 0 Å². The van der Waals surface area contributed by atoms with Crippen molar-refractivity contribution >= 4 is 28.5 Å². The van der Waals surface area contributed by atoms with Crippen molar-refractivity contribution in [1.29, 1.82) is 0 Å². The number of carboxylic acids is 1. The second kappa shape index (κ2) is 8.91. The summed E-state index contributed by atoms with van der Waals surface area (Å²) in [5.74, 6) is -1.04. The lowest BCUT2D eigenvalue weighted by Crippen LogP contribution is -2.42. The molecular weight excluding hydrogens is 398 g/mol. The number of hydrogen-bond donors (Lipinski definition) is 4. The van der Waals surface area contributed by atoms with Gasteiger partial charge in [0.05, 0.1) is 28.3 Å². The minimum atomic E-state index is -1.15. The van der Waals surface area contributed by atoms with Crippen LogP contribution in [0.4, 0.5) is 5.69 Å². The largest absolute Gasteiger partial charge is 0.508 e. The fourth-order valence-electron chi connectivity index (χ4n) is 3.31. The minimum Gasteiger partial charge on any atom is -0.508 e. The van der Waals surface area contributed by atoms with Crippen molar-refractivity contribution in [2.45, 2.75) is 26.8 Å². The summed E-state index contributed by atoms with van der Waals surface area (Å²) in [5.41, 5.74) is 7.40. The van der Waals surface area contributed by atoms with Crippen LogP contribution >= 0.6 is 0 Å². The molecule has 8 heteroatoms. The number of benzene rings is 2. The van der Waals surface area contributed by atoms with Crippen molar-refractivity contribution in [2.24, 2.45) is 5.92 Å². The van der Waals surface area contributed by atoms with Crippen LogP contribution in [0.15, 0.2) is 42.5 Å². The summed E-state index contributed by atoms with van der Waals surface area (Å²) in [6.07, 6.45) is 0. The number of amides is 1. The lowest BCUT2D eigenvalue weighted by Gasteiger charge is -2.23. The van der Waals surface area contributed by atoms with Gasteiger partial charge in [-0.3, -0.25) is 9.78 Å². The zero-order valence-electron chi connectivity index (χ0n) is 17.5. The average molecular weight is 423 g/mol. The number of anilines is 1. The molecule has 1 heterocycles. The molecule has 0 bridgehead atoms. The van der Waals surface area contributed by atoms with Crippen LogP contribution in [0, 0.1) is 12.8 Å². The number of carbonyl (C=O) groups excluding carboxylic acids is 1. The molecule has 0 spiro atoms. The molecule has 31 heavy (non-hydrogen) atoms. The number of phenolic OH excluding ortho intramolecular Hbond substituents is 1. The highest BCUT2D eigenvalue weighted by Gasteiger charge is 2.21. The van der Waals surface area contributed by atoms with E-state index in [9.17, 15) is 19.8 Å². The van der Waals surface area contributed by atoms with Crippen molar-refractivity contribution in [2.75, 3.05) is 12.3 Å². The second-order valence-corrected chi connectivity index (χ2v) is 7.63. The van der Waals surface area contributed by atoms with Crippen LogP contribution in [0.25, 0.3) is 10.9 Å². The molecule has 0 saturated carbocycles.